The van der Waals surface area contributed by atoms with Crippen molar-refractivity contribution in [3.05, 3.63) is 76.9 Å². The molecule has 0 bridgehead atoms. The number of phenolic OH excluding ortho intramolecular Hbond substituents is 1. The third-order valence-corrected chi connectivity index (χ3v) is 7.63. The summed E-state index contributed by atoms with van der Waals surface area (Å²) in [6.45, 7) is 2.56. The number of hydrogen-bond acceptors (Lipinski definition) is 5. The van der Waals surface area contributed by atoms with E-state index >= 15 is 0 Å². The highest BCUT2D eigenvalue weighted by Gasteiger charge is 2.46. The summed E-state index contributed by atoms with van der Waals surface area (Å²) in [5.41, 5.74) is 3.95. The Morgan fingerprint density at radius 3 is 2.63 bits per heavy atom. The Balaban J connectivity index is 1.45. The van der Waals surface area contributed by atoms with Gasteiger partial charge in [0.25, 0.3) is 0 Å². The second-order valence-corrected chi connectivity index (χ2v) is 10.1. The van der Waals surface area contributed by atoms with E-state index in [1.54, 1.807) is 12.1 Å². The number of fused-ring (bicyclic) bond motifs is 1. The number of allylic oxidation sites excluding steroid dienone is 1. The highest BCUT2D eigenvalue weighted by atomic mass is 32.2. The minimum atomic E-state index is -3.22. The standard InChI is InChI=1S/C24H26O5S/c1-17(13-18-8-10-20(25)11-9-18)7-12-22-24-19(14-28-21-5-3-2-4-6-21)16-30(26,27)23(24)15-29-22/h2-6,8-11,13,22-23,25H,7,12,14-16H2,1H3/b17-13+/t22-,23+/m1/s1. The minimum absolute atomic E-state index is 0.0576. The molecular formula is C24H26O5S. The van der Waals surface area contributed by atoms with Gasteiger partial charge in [0.15, 0.2) is 9.84 Å². The Morgan fingerprint density at radius 1 is 1.17 bits per heavy atom. The molecule has 2 heterocycles. The Morgan fingerprint density at radius 2 is 1.90 bits per heavy atom. The van der Waals surface area contributed by atoms with Crippen LogP contribution in [0.4, 0.5) is 0 Å². The van der Waals surface area contributed by atoms with Gasteiger partial charge in [0.05, 0.1) is 18.5 Å². The summed E-state index contributed by atoms with van der Waals surface area (Å²) in [6.07, 6.45) is 3.42. The van der Waals surface area contributed by atoms with E-state index in [0.717, 1.165) is 35.3 Å². The van der Waals surface area contributed by atoms with Gasteiger partial charge < -0.3 is 14.6 Å². The molecular weight excluding hydrogens is 400 g/mol. The Labute approximate surface area is 177 Å². The summed E-state index contributed by atoms with van der Waals surface area (Å²) in [5.74, 6) is 1.03. The number of rotatable bonds is 7. The summed E-state index contributed by atoms with van der Waals surface area (Å²) in [7, 11) is -3.22. The lowest BCUT2D eigenvalue weighted by Crippen LogP contribution is -2.19. The van der Waals surface area contributed by atoms with Crippen LogP contribution in [0.5, 0.6) is 11.5 Å². The number of ether oxygens (including phenoxy) is 2. The predicted molar refractivity (Wildman–Crippen MR) is 117 cm³/mol. The van der Waals surface area contributed by atoms with E-state index in [2.05, 4.69) is 13.0 Å². The Bertz CT molecular complexity index is 1050. The molecule has 5 nitrogen and oxygen atoms in total. The lowest BCUT2D eigenvalue weighted by Gasteiger charge is -2.15. The molecule has 2 aliphatic rings. The van der Waals surface area contributed by atoms with Gasteiger partial charge in [-0.05, 0) is 60.7 Å². The van der Waals surface area contributed by atoms with Crippen LogP contribution in [0.1, 0.15) is 25.3 Å². The fourth-order valence-corrected chi connectivity index (χ4v) is 6.03. The first-order valence-electron chi connectivity index (χ1n) is 10.1. The number of para-hydroxylation sites is 1. The summed E-state index contributed by atoms with van der Waals surface area (Å²) in [5, 5.41) is 8.88. The van der Waals surface area contributed by atoms with E-state index < -0.39 is 15.1 Å². The maximum atomic E-state index is 12.6. The SMILES string of the molecule is C/C(=C\c1ccc(O)cc1)CC[C@H]1OC[C@H]2C1=C(COc1ccccc1)CS2(=O)=O. The van der Waals surface area contributed by atoms with E-state index in [-0.39, 0.29) is 30.8 Å². The van der Waals surface area contributed by atoms with Gasteiger partial charge in [-0.3, -0.25) is 0 Å². The first-order chi connectivity index (χ1) is 14.4. The molecule has 0 radical (unpaired) electrons. The molecule has 1 N–H and O–H groups in total. The molecule has 6 heteroatoms. The molecule has 30 heavy (non-hydrogen) atoms. The number of sulfone groups is 1. The van der Waals surface area contributed by atoms with Gasteiger partial charge in [-0.2, -0.15) is 0 Å². The minimum Gasteiger partial charge on any atom is -0.508 e. The third kappa shape index (κ3) is 4.60. The fraction of sp³-hybridized carbons (Fsp3) is 0.333. The van der Waals surface area contributed by atoms with Crippen molar-refractivity contribution in [1.29, 1.82) is 0 Å². The zero-order valence-corrected chi connectivity index (χ0v) is 17.8. The topological polar surface area (TPSA) is 72.8 Å². The highest BCUT2D eigenvalue weighted by Crippen LogP contribution is 2.38. The Kier molecular flexibility index (Phi) is 5.97. The number of hydrogen-bond donors (Lipinski definition) is 1. The van der Waals surface area contributed by atoms with Crippen LogP contribution in [0, 0.1) is 0 Å². The van der Waals surface area contributed by atoms with Gasteiger partial charge >= 0.3 is 0 Å². The molecule has 2 atom stereocenters. The van der Waals surface area contributed by atoms with Crippen molar-refractivity contribution in [3.8, 4) is 11.5 Å². The normalized spacial score (nSPS) is 22.9. The van der Waals surface area contributed by atoms with Gasteiger partial charge in [-0.25, -0.2) is 8.42 Å². The summed E-state index contributed by atoms with van der Waals surface area (Å²) in [6, 6.07) is 16.5. The van der Waals surface area contributed by atoms with Crippen LogP contribution in [0.25, 0.3) is 6.08 Å². The van der Waals surface area contributed by atoms with E-state index in [9.17, 15) is 13.5 Å². The van der Waals surface area contributed by atoms with Crippen LogP contribution in [-0.2, 0) is 14.6 Å². The maximum Gasteiger partial charge on any atom is 0.163 e. The maximum absolute atomic E-state index is 12.6. The second-order valence-electron chi connectivity index (χ2n) is 7.90. The van der Waals surface area contributed by atoms with Gasteiger partial charge in [-0.1, -0.05) is 42.0 Å². The smallest absolute Gasteiger partial charge is 0.163 e. The molecule has 2 aromatic carbocycles. The molecule has 1 fully saturated rings. The lowest BCUT2D eigenvalue weighted by molar-refractivity contribution is 0.117. The van der Waals surface area contributed by atoms with Crippen LogP contribution >= 0.6 is 0 Å². The molecule has 4 rings (SSSR count). The number of benzene rings is 2. The van der Waals surface area contributed by atoms with Crippen molar-refractivity contribution in [2.75, 3.05) is 19.0 Å². The van der Waals surface area contributed by atoms with Crippen LogP contribution < -0.4 is 4.74 Å². The van der Waals surface area contributed by atoms with Crippen molar-refractivity contribution >= 4 is 15.9 Å². The molecule has 1 saturated heterocycles. The molecule has 0 amide bonds. The second kappa shape index (κ2) is 8.66. The molecule has 2 aliphatic heterocycles. The summed E-state index contributed by atoms with van der Waals surface area (Å²) < 4.78 is 37.0. The Hall–Kier alpha value is -2.57. The van der Waals surface area contributed by atoms with Gasteiger partial charge in [0.2, 0.25) is 0 Å². The van der Waals surface area contributed by atoms with Crippen molar-refractivity contribution < 1.29 is 23.0 Å². The van der Waals surface area contributed by atoms with Crippen molar-refractivity contribution in [2.24, 2.45) is 0 Å². The largest absolute Gasteiger partial charge is 0.508 e. The summed E-state index contributed by atoms with van der Waals surface area (Å²) >= 11 is 0. The van der Waals surface area contributed by atoms with Crippen molar-refractivity contribution in [2.45, 2.75) is 31.1 Å². The molecule has 2 aromatic rings. The third-order valence-electron chi connectivity index (χ3n) is 5.62. The molecule has 0 saturated carbocycles. The van der Waals surface area contributed by atoms with Crippen molar-refractivity contribution in [3.63, 3.8) is 0 Å². The molecule has 0 aliphatic carbocycles. The van der Waals surface area contributed by atoms with Crippen LogP contribution in [0.2, 0.25) is 0 Å². The van der Waals surface area contributed by atoms with E-state index in [1.807, 2.05) is 42.5 Å². The lowest BCUT2D eigenvalue weighted by atomic mass is 9.97. The van der Waals surface area contributed by atoms with Gasteiger partial charge in [-0.15, -0.1) is 0 Å². The highest BCUT2D eigenvalue weighted by molar-refractivity contribution is 7.92. The monoisotopic (exact) mass is 426 g/mol. The van der Waals surface area contributed by atoms with E-state index in [1.165, 1.54) is 5.57 Å². The number of phenols is 1. The van der Waals surface area contributed by atoms with Gasteiger partial charge in [0.1, 0.15) is 23.4 Å². The van der Waals surface area contributed by atoms with E-state index in [4.69, 9.17) is 9.47 Å². The van der Waals surface area contributed by atoms with Crippen molar-refractivity contribution in [1.82, 2.24) is 0 Å². The average Bonchev–Trinajstić information content (AvgIpc) is 3.27. The molecule has 0 spiro atoms. The predicted octanol–water partition coefficient (Wildman–Crippen LogP) is 4.15. The molecule has 0 aromatic heterocycles. The first-order valence-corrected chi connectivity index (χ1v) is 11.8. The molecule has 158 valence electrons. The fourth-order valence-electron chi connectivity index (χ4n) is 4.11. The quantitative estimate of drug-likeness (QED) is 0.674. The summed E-state index contributed by atoms with van der Waals surface area (Å²) in [4.78, 5) is 0. The van der Waals surface area contributed by atoms with Crippen LogP contribution in [0.3, 0.4) is 0 Å². The first kappa shape index (κ1) is 20.7. The van der Waals surface area contributed by atoms with Crippen LogP contribution in [-0.4, -0.2) is 43.8 Å². The zero-order chi connectivity index (χ0) is 21.1. The molecule has 0 unspecified atom stereocenters. The number of aromatic hydroxyl groups is 1. The van der Waals surface area contributed by atoms with Gasteiger partial charge in [0, 0.05) is 0 Å². The van der Waals surface area contributed by atoms with Crippen LogP contribution in [0.15, 0.2) is 71.3 Å². The zero-order valence-electron chi connectivity index (χ0n) is 17.0. The average molecular weight is 427 g/mol. The van der Waals surface area contributed by atoms with E-state index in [0.29, 0.717) is 0 Å².